The predicted octanol–water partition coefficient (Wildman–Crippen LogP) is 1.84. The Morgan fingerprint density at radius 1 is 1.35 bits per heavy atom. The number of para-hydroxylation sites is 1. The molecule has 7 nitrogen and oxygen atoms in total. The number of rotatable bonds is 4. The van der Waals surface area contributed by atoms with E-state index in [2.05, 4.69) is 20.5 Å². The minimum atomic E-state index is -0.749. The summed E-state index contributed by atoms with van der Waals surface area (Å²) < 4.78 is 1.93. The molecule has 3 aromatic rings. The van der Waals surface area contributed by atoms with Gasteiger partial charge in [-0.15, -0.1) is 0 Å². The summed E-state index contributed by atoms with van der Waals surface area (Å²) in [6.07, 6.45) is 1.06. The lowest BCUT2D eigenvalue weighted by atomic mass is 10.1. The molecule has 0 radical (unpaired) electrons. The molecule has 0 aliphatic carbocycles. The number of hydrogen-bond donors (Lipinski definition) is 3. The number of aryl methyl sites for hydroxylation is 1. The van der Waals surface area contributed by atoms with Gasteiger partial charge in [0.05, 0.1) is 11.6 Å². The lowest BCUT2D eigenvalue weighted by Gasteiger charge is -2.10. The van der Waals surface area contributed by atoms with Crippen molar-refractivity contribution in [2.75, 3.05) is 0 Å². The molecule has 3 rings (SSSR count). The highest BCUT2D eigenvalue weighted by molar-refractivity contribution is 6.07. The zero-order valence-corrected chi connectivity index (χ0v) is 13.2. The van der Waals surface area contributed by atoms with Crippen molar-refractivity contribution in [1.29, 1.82) is 0 Å². The molecule has 2 unspecified atom stereocenters. The number of carbonyl (C=O) groups excluding carboxylic acids is 1. The molecule has 1 aromatic carbocycles. The van der Waals surface area contributed by atoms with Gasteiger partial charge >= 0.3 is 0 Å². The molecule has 120 valence electrons. The van der Waals surface area contributed by atoms with Gasteiger partial charge in [0.1, 0.15) is 11.9 Å². The Bertz CT molecular complexity index is 849. The van der Waals surface area contributed by atoms with Crippen LogP contribution < -0.4 is 5.32 Å². The average molecular weight is 313 g/mol. The number of nitrogens with one attached hydrogen (secondary N) is 2. The van der Waals surface area contributed by atoms with E-state index in [1.54, 1.807) is 6.92 Å². The highest BCUT2D eigenvalue weighted by atomic mass is 16.3. The van der Waals surface area contributed by atoms with Gasteiger partial charge in [0.25, 0.3) is 5.91 Å². The van der Waals surface area contributed by atoms with Gasteiger partial charge in [-0.3, -0.25) is 9.89 Å². The number of benzene rings is 1. The van der Waals surface area contributed by atoms with Crippen molar-refractivity contribution in [2.24, 2.45) is 7.05 Å². The molecule has 0 spiro atoms. The van der Waals surface area contributed by atoms with Gasteiger partial charge < -0.3 is 15.0 Å². The van der Waals surface area contributed by atoms with E-state index in [4.69, 9.17) is 0 Å². The van der Waals surface area contributed by atoms with E-state index in [1.165, 1.54) is 0 Å². The Balaban J connectivity index is 1.82. The standard InChI is InChI=1S/C16H19N5O2/c1-9(14-18-15(10(2)22)20-19-14)17-16(23)12-8-21(3)13-7-5-4-6-11(12)13/h4-10,22H,1-3H3,(H,17,23)(H,18,19,20). The fourth-order valence-electron chi connectivity index (χ4n) is 2.53. The Morgan fingerprint density at radius 3 is 2.78 bits per heavy atom. The van der Waals surface area contributed by atoms with Crippen LogP contribution in [0.25, 0.3) is 10.9 Å². The number of nitrogens with zero attached hydrogens (tertiary/aromatic N) is 3. The first-order valence-corrected chi connectivity index (χ1v) is 7.42. The number of aliphatic hydroxyl groups is 1. The van der Waals surface area contributed by atoms with Gasteiger partial charge in [0.2, 0.25) is 0 Å². The second-order valence-electron chi connectivity index (χ2n) is 5.62. The summed E-state index contributed by atoms with van der Waals surface area (Å²) in [5.74, 6) is 0.644. The summed E-state index contributed by atoms with van der Waals surface area (Å²) in [5.41, 5.74) is 1.62. The van der Waals surface area contributed by atoms with Crippen molar-refractivity contribution in [1.82, 2.24) is 25.1 Å². The summed E-state index contributed by atoms with van der Waals surface area (Å²) in [4.78, 5) is 16.7. The smallest absolute Gasteiger partial charge is 0.254 e. The van der Waals surface area contributed by atoms with E-state index < -0.39 is 6.10 Å². The highest BCUT2D eigenvalue weighted by Gasteiger charge is 2.19. The lowest BCUT2D eigenvalue weighted by Crippen LogP contribution is -2.27. The molecular weight excluding hydrogens is 294 g/mol. The van der Waals surface area contributed by atoms with Crippen LogP contribution in [-0.2, 0) is 7.05 Å². The lowest BCUT2D eigenvalue weighted by molar-refractivity contribution is 0.0940. The minimum Gasteiger partial charge on any atom is -0.385 e. The first-order valence-electron chi connectivity index (χ1n) is 7.42. The van der Waals surface area contributed by atoms with E-state index >= 15 is 0 Å². The monoisotopic (exact) mass is 313 g/mol. The van der Waals surface area contributed by atoms with Gasteiger partial charge in [0, 0.05) is 24.1 Å². The molecule has 1 amide bonds. The number of carbonyl (C=O) groups is 1. The first-order chi connectivity index (χ1) is 11.0. The molecule has 23 heavy (non-hydrogen) atoms. The van der Waals surface area contributed by atoms with E-state index in [0.717, 1.165) is 10.9 Å². The van der Waals surface area contributed by atoms with Crippen molar-refractivity contribution in [3.05, 3.63) is 47.7 Å². The molecule has 0 aliphatic heterocycles. The second kappa shape index (κ2) is 5.85. The van der Waals surface area contributed by atoms with Crippen LogP contribution in [0.1, 0.15) is 48.0 Å². The number of aromatic nitrogens is 4. The number of aromatic amines is 1. The number of amides is 1. The molecule has 0 bridgehead atoms. The Morgan fingerprint density at radius 2 is 2.09 bits per heavy atom. The summed E-state index contributed by atoms with van der Waals surface area (Å²) in [6.45, 7) is 3.40. The normalized spacial score (nSPS) is 13.9. The summed E-state index contributed by atoms with van der Waals surface area (Å²) in [7, 11) is 1.91. The molecule has 0 aliphatic rings. The van der Waals surface area contributed by atoms with Crippen molar-refractivity contribution in [3.8, 4) is 0 Å². The maximum absolute atomic E-state index is 12.6. The molecule has 0 saturated heterocycles. The van der Waals surface area contributed by atoms with E-state index in [0.29, 0.717) is 17.2 Å². The third kappa shape index (κ3) is 2.83. The molecule has 2 heterocycles. The van der Waals surface area contributed by atoms with Gasteiger partial charge in [-0.25, -0.2) is 4.98 Å². The number of aliphatic hydroxyl groups excluding tert-OH is 1. The minimum absolute atomic E-state index is 0.177. The number of H-pyrrole nitrogens is 1. The van der Waals surface area contributed by atoms with Crippen molar-refractivity contribution in [2.45, 2.75) is 26.0 Å². The van der Waals surface area contributed by atoms with Crippen LogP contribution in [0, 0.1) is 0 Å². The van der Waals surface area contributed by atoms with Crippen LogP contribution in [0.3, 0.4) is 0 Å². The van der Waals surface area contributed by atoms with Crippen LogP contribution in [0.15, 0.2) is 30.5 Å². The largest absolute Gasteiger partial charge is 0.385 e. The third-order valence-corrected chi connectivity index (χ3v) is 3.79. The Labute approximate surface area is 133 Å². The summed E-state index contributed by atoms with van der Waals surface area (Å²) in [6, 6.07) is 7.41. The average Bonchev–Trinajstić information content (AvgIpc) is 3.13. The molecule has 7 heteroatoms. The summed E-state index contributed by atoms with van der Waals surface area (Å²) in [5, 5.41) is 19.9. The van der Waals surface area contributed by atoms with Crippen LogP contribution in [0.4, 0.5) is 0 Å². The first kappa shape index (κ1) is 15.2. The summed E-state index contributed by atoms with van der Waals surface area (Å²) >= 11 is 0. The Kier molecular flexibility index (Phi) is 3.87. The van der Waals surface area contributed by atoms with Gasteiger partial charge in [-0.05, 0) is 19.9 Å². The maximum Gasteiger partial charge on any atom is 0.254 e. The number of fused-ring (bicyclic) bond motifs is 1. The topological polar surface area (TPSA) is 95.8 Å². The Hall–Kier alpha value is -2.67. The SMILES string of the molecule is CC(O)c1n[nH]c(C(C)NC(=O)c2cn(C)c3ccccc23)n1. The van der Waals surface area contributed by atoms with Crippen LogP contribution in [0.5, 0.6) is 0 Å². The van der Waals surface area contributed by atoms with Crippen LogP contribution in [0.2, 0.25) is 0 Å². The molecule has 2 aromatic heterocycles. The third-order valence-electron chi connectivity index (χ3n) is 3.79. The zero-order valence-electron chi connectivity index (χ0n) is 13.2. The predicted molar refractivity (Wildman–Crippen MR) is 85.8 cm³/mol. The molecule has 0 saturated carbocycles. The fourth-order valence-corrected chi connectivity index (χ4v) is 2.53. The van der Waals surface area contributed by atoms with Crippen LogP contribution in [-0.4, -0.2) is 30.8 Å². The maximum atomic E-state index is 12.6. The fraction of sp³-hybridized carbons (Fsp3) is 0.312. The van der Waals surface area contributed by atoms with E-state index in [-0.39, 0.29) is 11.9 Å². The number of hydrogen-bond acceptors (Lipinski definition) is 4. The van der Waals surface area contributed by atoms with Crippen molar-refractivity contribution >= 4 is 16.8 Å². The zero-order chi connectivity index (χ0) is 16.6. The van der Waals surface area contributed by atoms with Crippen molar-refractivity contribution in [3.63, 3.8) is 0 Å². The molecular formula is C16H19N5O2. The van der Waals surface area contributed by atoms with Gasteiger partial charge in [0.15, 0.2) is 5.82 Å². The molecule has 0 fully saturated rings. The van der Waals surface area contributed by atoms with E-state index in [9.17, 15) is 9.90 Å². The molecule has 2 atom stereocenters. The quantitative estimate of drug-likeness (QED) is 0.685. The van der Waals surface area contributed by atoms with Crippen molar-refractivity contribution < 1.29 is 9.90 Å². The second-order valence-corrected chi connectivity index (χ2v) is 5.62. The van der Waals surface area contributed by atoms with E-state index in [1.807, 2.05) is 49.0 Å². The van der Waals surface area contributed by atoms with Gasteiger partial charge in [-0.2, -0.15) is 5.10 Å². The van der Waals surface area contributed by atoms with Crippen LogP contribution >= 0.6 is 0 Å². The molecule has 3 N–H and O–H groups in total. The van der Waals surface area contributed by atoms with Gasteiger partial charge in [-0.1, -0.05) is 18.2 Å². The highest BCUT2D eigenvalue weighted by Crippen LogP contribution is 2.21.